The molecule has 2 aliphatic rings. The van der Waals surface area contributed by atoms with Crippen LogP contribution in [-0.4, -0.2) is 32.0 Å². The maximum Gasteiger partial charge on any atom is 0.336 e. The second-order valence-electron chi connectivity index (χ2n) is 10.1. The van der Waals surface area contributed by atoms with Crippen molar-refractivity contribution in [2.75, 3.05) is 20.8 Å². The van der Waals surface area contributed by atoms with Gasteiger partial charge in [-0.15, -0.1) is 0 Å². The quantitative estimate of drug-likeness (QED) is 0.521. The van der Waals surface area contributed by atoms with Crippen molar-refractivity contribution in [2.24, 2.45) is 22.7 Å². The van der Waals surface area contributed by atoms with Crippen molar-refractivity contribution >= 4 is 11.0 Å². The molecule has 1 fully saturated rings. The molecule has 1 heterocycles. The van der Waals surface area contributed by atoms with Crippen LogP contribution in [0.3, 0.4) is 0 Å². The molecule has 4 atom stereocenters. The third kappa shape index (κ3) is 3.49. The molecule has 0 bridgehead atoms. The Morgan fingerprint density at radius 2 is 1.91 bits per heavy atom. The van der Waals surface area contributed by atoms with Crippen molar-refractivity contribution in [3.63, 3.8) is 0 Å². The molecule has 1 aromatic carbocycles. The Morgan fingerprint density at radius 3 is 2.59 bits per heavy atom. The number of hydrogen-bond donors (Lipinski definition) is 1. The van der Waals surface area contributed by atoms with Crippen LogP contribution in [0.2, 0.25) is 0 Å². The smallest absolute Gasteiger partial charge is 0.336 e. The van der Waals surface area contributed by atoms with Crippen LogP contribution in [0.25, 0.3) is 11.0 Å². The SMILES string of the molecule is COc1cc2ccc(=O)oc2c(OC)c1OCC1C(C)=CCC2C(C)(C)C(O)CCC12C. The molecule has 32 heavy (non-hydrogen) atoms. The summed E-state index contributed by atoms with van der Waals surface area (Å²) in [6, 6.07) is 4.85. The Morgan fingerprint density at radius 1 is 1.16 bits per heavy atom. The summed E-state index contributed by atoms with van der Waals surface area (Å²) in [5, 5.41) is 11.4. The zero-order valence-electron chi connectivity index (χ0n) is 19.9. The highest BCUT2D eigenvalue weighted by molar-refractivity contribution is 5.88. The highest BCUT2D eigenvalue weighted by Gasteiger charge is 2.55. The Kier molecular flexibility index (Phi) is 5.78. The molecule has 0 spiro atoms. The van der Waals surface area contributed by atoms with E-state index in [0.29, 0.717) is 40.7 Å². The molecule has 1 saturated carbocycles. The Hall–Kier alpha value is -2.47. The maximum absolute atomic E-state index is 11.8. The van der Waals surface area contributed by atoms with Crippen LogP contribution in [0.1, 0.15) is 47.0 Å². The first-order valence-electron chi connectivity index (χ1n) is 11.3. The van der Waals surface area contributed by atoms with Crippen LogP contribution in [0, 0.1) is 22.7 Å². The number of methoxy groups -OCH3 is 2. The molecular formula is C26H34O6. The number of ether oxygens (including phenoxy) is 3. The third-order valence-electron chi connectivity index (χ3n) is 8.14. The van der Waals surface area contributed by atoms with Crippen molar-refractivity contribution in [3.8, 4) is 17.2 Å². The molecule has 1 aromatic heterocycles. The van der Waals surface area contributed by atoms with Crippen molar-refractivity contribution in [1.29, 1.82) is 0 Å². The fraction of sp³-hybridized carbons (Fsp3) is 0.577. The van der Waals surface area contributed by atoms with E-state index in [9.17, 15) is 9.90 Å². The van der Waals surface area contributed by atoms with Gasteiger partial charge in [-0.05, 0) is 55.1 Å². The number of fused-ring (bicyclic) bond motifs is 2. The molecule has 4 unspecified atom stereocenters. The van der Waals surface area contributed by atoms with E-state index in [1.54, 1.807) is 19.2 Å². The summed E-state index contributed by atoms with van der Waals surface area (Å²) in [6.45, 7) is 9.31. The molecule has 6 heteroatoms. The first-order chi connectivity index (χ1) is 15.1. The van der Waals surface area contributed by atoms with Gasteiger partial charge in [0.2, 0.25) is 11.5 Å². The van der Waals surface area contributed by atoms with E-state index in [4.69, 9.17) is 18.6 Å². The van der Waals surface area contributed by atoms with Gasteiger partial charge in [0.1, 0.15) is 0 Å². The molecule has 0 radical (unpaired) electrons. The van der Waals surface area contributed by atoms with Crippen molar-refractivity contribution in [2.45, 2.75) is 53.1 Å². The van der Waals surface area contributed by atoms with E-state index in [0.717, 1.165) is 19.3 Å². The summed E-state index contributed by atoms with van der Waals surface area (Å²) in [6.07, 6.45) is 4.71. The molecule has 6 nitrogen and oxygen atoms in total. The van der Waals surface area contributed by atoms with Crippen LogP contribution >= 0.6 is 0 Å². The Bertz CT molecular complexity index is 1100. The Labute approximate surface area is 189 Å². The number of aliphatic hydroxyl groups is 1. The standard InChI is InChI=1S/C26H34O6/c1-15-7-9-19-25(2,3)20(27)11-12-26(19,4)17(15)14-31-23-18(29-5)13-16-8-10-21(28)32-22(16)24(23)30-6/h7-8,10,13,17,19-20,27H,9,11-12,14H2,1-6H3. The monoisotopic (exact) mass is 442 g/mol. The molecule has 174 valence electrons. The minimum absolute atomic E-state index is 0.00540. The summed E-state index contributed by atoms with van der Waals surface area (Å²) < 4.78 is 23.0. The molecule has 2 aromatic rings. The van der Waals surface area contributed by atoms with Crippen molar-refractivity contribution in [3.05, 3.63) is 40.3 Å². The van der Waals surface area contributed by atoms with Gasteiger partial charge in [-0.3, -0.25) is 0 Å². The average Bonchev–Trinajstić information content (AvgIpc) is 2.75. The second kappa shape index (κ2) is 8.14. The van der Waals surface area contributed by atoms with Gasteiger partial charge in [0.15, 0.2) is 11.3 Å². The highest BCUT2D eigenvalue weighted by atomic mass is 16.5. The number of allylic oxidation sites excluding steroid dienone is 1. The topological polar surface area (TPSA) is 78.1 Å². The summed E-state index contributed by atoms with van der Waals surface area (Å²) >= 11 is 0. The number of aliphatic hydroxyl groups excluding tert-OH is 1. The van der Waals surface area contributed by atoms with Crippen molar-refractivity contribution < 1.29 is 23.7 Å². The maximum atomic E-state index is 11.8. The van der Waals surface area contributed by atoms with E-state index < -0.39 is 5.63 Å². The molecule has 1 N–H and O–H groups in total. The van der Waals surface area contributed by atoms with E-state index in [2.05, 4.69) is 33.8 Å². The Balaban J connectivity index is 1.72. The van der Waals surface area contributed by atoms with Gasteiger partial charge < -0.3 is 23.7 Å². The van der Waals surface area contributed by atoms with E-state index in [1.165, 1.54) is 18.7 Å². The van der Waals surface area contributed by atoms with Gasteiger partial charge in [-0.2, -0.15) is 0 Å². The lowest BCUT2D eigenvalue weighted by Crippen LogP contribution is -2.55. The van der Waals surface area contributed by atoms with Crippen molar-refractivity contribution in [1.82, 2.24) is 0 Å². The predicted molar refractivity (Wildman–Crippen MR) is 124 cm³/mol. The van der Waals surface area contributed by atoms with Gasteiger partial charge in [0.05, 0.1) is 26.9 Å². The lowest BCUT2D eigenvalue weighted by atomic mass is 9.48. The zero-order valence-corrected chi connectivity index (χ0v) is 19.9. The van der Waals surface area contributed by atoms with E-state index in [-0.39, 0.29) is 22.9 Å². The van der Waals surface area contributed by atoms with Crippen LogP contribution in [0.15, 0.2) is 39.1 Å². The van der Waals surface area contributed by atoms with Gasteiger partial charge >= 0.3 is 5.63 Å². The first kappa shape index (κ1) is 22.7. The zero-order chi connectivity index (χ0) is 23.3. The summed E-state index contributed by atoms with van der Waals surface area (Å²) in [4.78, 5) is 11.8. The highest BCUT2D eigenvalue weighted by Crippen LogP contribution is 2.59. The van der Waals surface area contributed by atoms with Gasteiger partial charge in [-0.1, -0.05) is 32.4 Å². The van der Waals surface area contributed by atoms with Crippen LogP contribution in [-0.2, 0) is 0 Å². The summed E-state index contributed by atoms with van der Waals surface area (Å²) in [5.41, 5.74) is 1.05. The molecule has 0 aliphatic heterocycles. The van der Waals surface area contributed by atoms with Crippen LogP contribution < -0.4 is 19.8 Å². The summed E-state index contributed by atoms with van der Waals surface area (Å²) in [7, 11) is 3.11. The van der Waals surface area contributed by atoms with Gasteiger partial charge in [-0.25, -0.2) is 4.79 Å². The molecule has 0 saturated heterocycles. The number of hydrogen-bond acceptors (Lipinski definition) is 6. The van der Waals surface area contributed by atoms with Crippen LogP contribution in [0.5, 0.6) is 17.2 Å². The van der Waals surface area contributed by atoms with E-state index >= 15 is 0 Å². The molecule has 2 aliphatic carbocycles. The first-order valence-corrected chi connectivity index (χ1v) is 11.3. The number of rotatable bonds is 5. The number of benzene rings is 1. The van der Waals surface area contributed by atoms with Crippen LogP contribution in [0.4, 0.5) is 0 Å². The molecule has 4 rings (SSSR count). The minimum Gasteiger partial charge on any atom is -0.493 e. The lowest BCUT2D eigenvalue weighted by Gasteiger charge is -2.58. The van der Waals surface area contributed by atoms with Gasteiger partial charge in [0, 0.05) is 17.4 Å². The molecular weight excluding hydrogens is 408 g/mol. The predicted octanol–water partition coefficient (Wildman–Crippen LogP) is 4.96. The normalized spacial score (nSPS) is 29.2. The largest absolute Gasteiger partial charge is 0.493 e. The lowest BCUT2D eigenvalue weighted by molar-refractivity contribution is -0.119. The minimum atomic E-state index is -0.448. The summed E-state index contributed by atoms with van der Waals surface area (Å²) in [5.74, 6) is 1.86. The second-order valence-corrected chi connectivity index (χ2v) is 10.1. The average molecular weight is 443 g/mol. The fourth-order valence-electron chi connectivity index (χ4n) is 6.13. The molecule has 0 amide bonds. The third-order valence-corrected chi connectivity index (χ3v) is 8.14. The van der Waals surface area contributed by atoms with Gasteiger partial charge in [0.25, 0.3) is 0 Å². The van der Waals surface area contributed by atoms with E-state index in [1.807, 2.05) is 0 Å². The fourth-order valence-corrected chi connectivity index (χ4v) is 6.13.